The average Bonchev–Trinajstić information content (AvgIpc) is 2.83. The third kappa shape index (κ3) is 5.32. The van der Waals surface area contributed by atoms with E-state index < -0.39 is 0 Å². The number of aromatic nitrogens is 1. The first-order valence-electron chi connectivity index (χ1n) is 11.1. The number of carbonyl (C=O) groups is 2. The molecule has 1 aliphatic rings. The number of amides is 2. The van der Waals surface area contributed by atoms with Crippen LogP contribution in [0.4, 0.5) is 17.1 Å². The Morgan fingerprint density at radius 1 is 0.812 bits per heavy atom. The van der Waals surface area contributed by atoms with Crippen molar-refractivity contribution in [3.8, 4) is 0 Å². The molecule has 0 aliphatic heterocycles. The molecular formula is C26H28N4O2. The Bertz CT molecular complexity index is 1070. The number of pyridine rings is 1. The molecule has 2 aromatic carbocycles. The van der Waals surface area contributed by atoms with Gasteiger partial charge >= 0.3 is 0 Å². The lowest BCUT2D eigenvalue weighted by atomic mass is 9.95. The largest absolute Gasteiger partial charge is 0.382 e. The van der Waals surface area contributed by atoms with Crippen LogP contribution in [0.15, 0.2) is 67.0 Å². The van der Waals surface area contributed by atoms with E-state index >= 15 is 0 Å². The molecule has 6 nitrogen and oxygen atoms in total. The van der Waals surface area contributed by atoms with Crippen LogP contribution >= 0.6 is 0 Å². The molecule has 32 heavy (non-hydrogen) atoms. The topological polar surface area (TPSA) is 83.1 Å². The van der Waals surface area contributed by atoms with Crippen molar-refractivity contribution < 1.29 is 9.59 Å². The van der Waals surface area contributed by atoms with Crippen LogP contribution in [0, 0.1) is 6.92 Å². The molecule has 1 saturated carbocycles. The van der Waals surface area contributed by atoms with E-state index in [9.17, 15) is 9.59 Å². The molecule has 0 bridgehead atoms. The monoisotopic (exact) mass is 428 g/mol. The van der Waals surface area contributed by atoms with Gasteiger partial charge < -0.3 is 16.0 Å². The van der Waals surface area contributed by atoms with Gasteiger partial charge in [0.25, 0.3) is 11.8 Å². The number of rotatable bonds is 6. The van der Waals surface area contributed by atoms with Crippen LogP contribution in [0.2, 0.25) is 0 Å². The number of nitrogens with one attached hydrogen (secondary N) is 3. The van der Waals surface area contributed by atoms with E-state index in [1.54, 1.807) is 30.6 Å². The highest BCUT2D eigenvalue weighted by molar-refractivity contribution is 6.13. The highest BCUT2D eigenvalue weighted by atomic mass is 16.2. The smallest absolute Gasteiger partial charge is 0.257 e. The minimum atomic E-state index is -0.283. The number of hydrogen-bond acceptors (Lipinski definition) is 4. The molecule has 6 heteroatoms. The van der Waals surface area contributed by atoms with Gasteiger partial charge in [-0.25, -0.2) is 0 Å². The first-order chi connectivity index (χ1) is 15.6. The molecule has 0 saturated heterocycles. The van der Waals surface area contributed by atoms with E-state index in [0.717, 1.165) is 11.3 Å². The summed E-state index contributed by atoms with van der Waals surface area (Å²) in [5.41, 5.74) is 3.98. The maximum Gasteiger partial charge on any atom is 0.257 e. The molecular weight excluding hydrogens is 400 g/mol. The number of hydrogen-bond donors (Lipinski definition) is 3. The molecule has 3 aromatic rings. The number of benzene rings is 2. The minimum absolute atomic E-state index is 0.272. The van der Waals surface area contributed by atoms with E-state index in [1.807, 2.05) is 43.3 Å². The average molecular weight is 429 g/mol. The maximum atomic E-state index is 13.0. The predicted octanol–water partition coefficient (Wildman–Crippen LogP) is 5.64. The first-order valence-corrected chi connectivity index (χ1v) is 11.1. The Labute approximate surface area is 188 Å². The van der Waals surface area contributed by atoms with Gasteiger partial charge in [0.15, 0.2) is 0 Å². The number of aryl methyl sites for hydroxylation is 1. The minimum Gasteiger partial charge on any atom is -0.382 e. The summed E-state index contributed by atoms with van der Waals surface area (Å²) in [6, 6.07) is 17.0. The molecule has 1 heterocycles. The van der Waals surface area contributed by atoms with Crippen molar-refractivity contribution in [1.29, 1.82) is 0 Å². The molecule has 0 radical (unpaired) electrons. The standard InChI is InChI=1S/C26H28N4O2/c1-18-6-5-9-23(24(18)30-25(31)19-14-16-27-17-15-19)26(32)29-22-12-10-21(11-13-22)28-20-7-3-2-4-8-20/h5-6,9-17,20,28H,2-4,7-8H2,1H3,(H,29,32)(H,30,31). The van der Waals surface area contributed by atoms with Gasteiger partial charge in [0.2, 0.25) is 0 Å². The lowest BCUT2D eigenvalue weighted by Crippen LogP contribution is -2.22. The predicted molar refractivity (Wildman–Crippen MR) is 128 cm³/mol. The fourth-order valence-corrected chi connectivity index (χ4v) is 4.04. The van der Waals surface area contributed by atoms with E-state index in [0.29, 0.717) is 28.5 Å². The number of para-hydroxylation sites is 1. The Morgan fingerprint density at radius 2 is 1.50 bits per heavy atom. The molecule has 3 N–H and O–H groups in total. The fraction of sp³-hybridized carbons (Fsp3) is 0.269. The summed E-state index contributed by atoms with van der Waals surface area (Å²) in [4.78, 5) is 29.6. The van der Waals surface area contributed by atoms with Crippen LogP contribution in [0.25, 0.3) is 0 Å². The fourth-order valence-electron chi connectivity index (χ4n) is 4.04. The third-order valence-corrected chi connectivity index (χ3v) is 5.82. The van der Waals surface area contributed by atoms with Crippen LogP contribution in [-0.4, -0.2) is 22.8 Å². The maximum absolute atomic E-state index is 13.0. The summed E-state index contributed by atoms with van der Waals surface area (Å²) in [6.45, 7) is 1.87. The normalized spacial score (nSPS) is 13.9. The van der Waals surface area contributed by atoms with Crippen molar-refractivity contribution in [2.24, 2.45) is 0 Å². The van der Waals surface area contributed by atoms with Gasteiger partial charge in [-0.3, -0.25) is 14.6 Å². The van der Waals surface area contributed by atoms with Crippen molar-refractivity contribution in [1.82, 2.24) is 4.98 Å². The van der Waals surface area contributed by atoms with Crippen molar-refractivity contribution in [2.45, 2.75) is 45.1 Å². The van der Waals surface area contributed by atoms with Gasteiger partial charge in [-0.15, -0.1) is 0 Å². The van der Waals surface area contributed by atoms with Crippen molar-refractivity contribution in [3.63, 3.8) is 0 Å². The van der Waals surface area contributed by atoms with E-state index in [4.69, 9.17) is 0 Å². The molecule has 0 unspecified atom stereocenters. The second-order valence-corrected chi connectivity index (χ2v) is 8.20. The van der Waals surface area contributed by atoms with E-state index in [-0.39, 0.29) is 11.8 Å². The summed E-state index contributed by atoms with van der Waals surface area (Å²) in [6.07, 6.45) is 9.43. The zero-order valence-corrected chi connectivity index (χ0v) is 18.2. The molecule has 164 valence electrons. The Kier molecular flexibility index (Phi) is 6.80. The number of nitrogens with zero attached hydrogens (tertiary/aromatic N) is 1. The van der Waals surface area contributed by atoms with Crippen LogP contribution in [0.3, 0.4) is 0 Å². The highest BCUT2D eigenvalue weighted by Crippen LogP contribution is 2.25. The van der Waals surface area contributed by atoms with Crippen LogP contribution in [-0.2, 0) is 0 Å². The van der Waals surface area contributed by atoms with Crippen LogP contribution in [0.5, 0.6) is 0 Å². The second-order valence-electron chi connectivity index (χ2n) is 8.20. The van der Waals surface area contributed by atoms with Gasteiger partial charge in [-0.2, -0.15) is 0 Å². The van der Waals surface area contributed by atoms with Gasteiger partial charge in [-0.05, 0) is 67.8 Å². The van der Waals surface area contributed by atoms with Gasteiger partial charge in [0.05, 0.1) is 11.3 Å². The van der Waals surface area contributed by atoms with Crippen LogP contribution < -0.4 is 16.0 Å². The summed E-state index contributed by atoms with van der Waals surface area (Å²) < 4.78 is 0. The Balaban J connectivity index is 1.45. The summed E-state index contributed by atoms with van der Waals surface area (Å²) in [5.74, 6) is -0.555. The second kappa shape index (κ2) is 10.1. The molecule has 1 aliphatic carbocycles. The molecule has 1 aromatic heterocycles. The molecule has 4 rings (SSSR count). The highest BCUT2D eigenvalue weighted by Gasteiger charge is 2.17. The van der Waals surface area contributed by atoms with Crippen molar-refractivity contribution in [2.75, 3.05) is 16.0 Å². The lowest BCUT2D eigenvalue weighted by molar-refractivity contribution is 0.102. The van der Waals surface area contributed by atoms with E-state index in [1.165, 1.54) is 32.1 Å². The molecule has 0 atom stereocenters. The number of anilines is 3. The zero-order chi connectivity index (χ0) is 22.3. The first kappa shape index (κ1) is 21.6. The van der Waals surface area contributed by atoms with Gasteiger partial charge in [-0.1, -0.05) is 31.4 Å². The van der Waals surface area contributed by atoms with Gasteiger partial charge in [0, 0.05) is 35.4 Å². The lowest BCUT2D eigenvalue weighted by Gasteiger charge is -2.24. The Morgan fingerprint density at radius 3 is 2.22 bits per heavy atom. The molecule has 1 fully saturated rings. The van der Waals surface area contributed by atoms with Crippen LogP contribution in [0.1, 0.15) is 58.4 Å². The summed E-state index contributed by atoms with van der Waals surface area (Å²) in [5, 5.41) is 9.40. The Hall–Kier alpha value is -3.67. The van der Waals surface area contributed by atoms with E-state index in [2.05, 4.69) is 20.9 Å². The zero-order valence-electron chi connectivity index (χ0n) is 18.2. The summed E-state index contributed by atoms with van der Waals surface area (Å²) >= 11 is 0. The van der Waals surface area contributed by atoms with Crippen molar-refractivity contribution in [3.05, 3.63) is 83.7 Å². The molecule has 0 spiro atoms. The van der Waals surface area contributed by atoms with Crippen molar-refractivity contribution >= 4 is 28.9 Å². The molecule has 2 amide bonds. The summed E-state index contributed by atoms with van der Waals surface area (Å²) in [7, 11) is 0. The SMILES string of the molecule is Cc1cccc(C(=O)Nc2ccc(NC3CCCCC3)cc2)c1NC(=O)c1ccncc1. The third-order valence-electron chi connectivity index (χ3n) is 5.82. The number of carbonyl (C=O) groups excluding carboxylic acids is 2. The quantitative estimate of drug-likeness (QED) is 0.474. The van der Waals surface area contributed by atoms with Gasteiger partial charge in [0.1, 0.15) is 0 Å².